The van der Waals surface area contributed by atoms with Gasteiger partial charge in [0.2, 0.25) is 0 Å². The summed E-state index contributed by atoms with van der Waals surface area (Å²) in [7, 11) is 0. The number of phenolic OH excluding ortho intramolecular Hbond substituents is 1. The largest absolute Gasteiger partial charge is 0.507 e. The smallest absolute Gasteiger partial charge is 0.127 e. The van der Waals surface area contributed by atoms with E-state index in [9.17, 15) is 5.11 Å². The Kier molecular flexibility index (Phi) is 9.23. The fourth-order valence-corrected chi connectivity index (χ4v) is 6.85. The van der Waals surface area contributed by atoms with Crippen molar-refractivity contribution >= 4 is 0 Å². The third kappa shape index (κ3) is 6.05. The quantitative estimate of drug-likeness (QED) is 0.241. The van der Waals surface area contributed by atoms with E-state index in [1.807, 2.05) is 0 Å². The van der Waals surface area contributed by atoms with Crippen LogP contribution in [-0.2, 0) is 16.2 Å². The van der Waals surface area contributed by atoms with Crippen molar-refractivity contribution in [2.75, 3.05) is 0 Å². The monoisotopic (exact) mass is 538 g/mol. The van der Waals surface area contributed by atoms with Gasteiger partial charge in [-0.3, -0.25) is 0 Å². The Balaban J connectivity index is 1.91. The van der Waals surface area contributed by atoms with E-state index in [-0.39, 0.29) is 16.2 Å². The molecule has 0 amide bonds. The molecule has 0 fully saturated rings. The average Bonchev–Trinajstić information content (AvgIpc) is 3.17. The minimum atomic E-state index is -0.143. The van der Waals surface area contributed by atoms with Crippen molar-refractivity contribution in [1.82, 2.24) is 0 Å². The maximum atomic E-state index is 11.7. The predicted molar refractivity (Wildman–Crippen MR) is 175 cm³/mol. The molecule has 0 spiro atoms. The number of fused-ring (bicyclic) bond motifs is 3. The molecule has 1 nitrogen and oxygen atoms in total. The lowest BCUT2D eigenvalue weighted by atomic mass is 9.70. The van der Waals surface area contributed by atoms with Crippen LogP contribution in [0, 0.1) is 0 Å². The van der Waals surface area contributed by atoms with Gasteiger partial charge in [0.05, 0.1) is 0 Å². The minimum Gasteiger partial charge on any atom is -0.507 e. The second-order valence-electron chi connectivity index (χ2n) is 14.4. The summed E-state index contributed by atoms with van der Waals surface area (Å²) in [5.74, 6) is 0.437. The molecule has 1 aliphatic carbocycles. The van der Waals surface area contributed by atoms with Crippen LogP contribution in [0.25, 0.3) is 22.3 Å². The number of phenols is 1. The van der Waals surface area contributed by atoms with Gasteiger partial charge in [-0.2, -0.15) is 0 Å². The van der Waals surface area contributed by atoms with E-state index in [4.69, 9.17) is 0 Å². The lowest BCUT2D eigenvalue weighted by Crippen LogP contribution is -2.25. The van der Waals surface area contributed by atoms with Crippen LogP contribution in [-0.4, -0.2) is 5.11 Å². The summed E-state index contributed by atoms with van der Waals surface area (Å²) in [6.45, 7) is 18.0. The Morgan fingerprint density at radius 2 is 1.20 bits per heavy atom. The van der Waals surface area contributed by atoms with Gasteiger partial charge in [-0.1, -0.05) is 149 Å². The van der Waals surface area contributed by atoms with Crippen molar-refractivity contribution in [1.29, 1.82) is 0 Å². The lowest BCUT2D eigenvalue weighted by molar-refractivity contribution is 0.401. The van der Waals surface area contributed by atoms with Gasteiger partial charge in [0.25, 0.3) is 0 Å². The molecule has 0 atom stereocenters. The molecule has 3 aromatic rings. The average molecular weight is 539 g/mol. The molecule has 40 heavy (non-hydrogen) atoms. The highest BCUT2D eigenvalue weighted by molar-refractivity contribution is 5.85. The van der Waals surface area contributed by atoms with Crippen LogP contribution in [0.15, 0.2) is 54.6 Å². The highest BCUT2D eigenvalue weighted by Gasteiger charge is 2.42. The van der Waals surface area contributed by atoms with Crippen LogP contribution in [0.4, 0.5) is 0 Å². The van der Waals surface area contributed by atoms with Crippen LogP contribution < -0.4 is 0 Å². The first-order valence-corrected chi connectivity index (χ1v) is 16.1. The molecule has 0 unspecified atom stereocenters. The number of hydrogen-bond donors (Lipinski definition) is 1. The molecule has 0 bridgehead atoms. The van der Waals surface area contributed by atoms with E-state index in [1.165, 1.54) is 92.0 Å². The zero-order valence-electron chi connectivity index (χ0n) is 26.7. The molecule has 4 rings (SSSR count). The summed E-state index contributed by atoms with van der Waals surface area (Å²) in [5.41, 5.74) is 10.2. The third-order valence-electron chi connectivity index (χ3n) is 9.28. The van der Waals surface area contributed by atoms with Crippen LogP contribution in [0.2, 0.25) is 0 Å². The van der Waals surface area contributed by atoms with Crippen LogP contribution >= 0.6 is 0 Å². The van der Waals surface area contributed by atoms with Gasteiger partial charge in [0, 0.05) is 16.5 Å². The number of benzene rings is 3. The summed E-state index contributed by atoms with van der Waals surface area (Å²) < 4.78 is 0. The summed E-state index contributed by atoms with van der Waals surface area (Å²) in [6.07, 6.45) is 12.7. The maximum Gasteiger partial charge on any atom is 0.127 e. The Hall–Kier alpha value is -2.54. The molecular formula is C39H54O. The molecular weight excluding hydrogens is 484 g/mol. The first-order chi connectivity index (χ1) is 18.9. The Labute approximate surface area is 245 Å². The number of aromatic hydroxyl groups is 1. The first-order valence-electron chi connectivity index (χ1n) is 16.1. The molecule has 0 aromatic heterocycles. The van der Waals surface area contributed by atoms with E-state index >= 15 is 0 Å². The van der Waals surface area contributed by atoms with Crippen LogP contribution in [0.3, 0.4) is 0 Å². The second-order valence-corrected chi connectivity index (χ2v) is 14.4. The van der Waals surface area contributed by atoms with Crippen molar-refractivity contribution in [3.05, 3.63) is 76.9 Å². The van der Waals surface area contributed by atoms with E-state index in [2.05, 4.69) is 110 Å². The summed E-state index contributed by atoms with van der Waals surface area (Å²) in [5, 5.41) is 11.7. The summed E-state index contributed by atoms with van der Waals surface area (Å²) in [6, 6.07) is 20.7. The highest BCUT2D eigenvalue weighted by atomic mass is 16.3. The highest BCUT2D eigenvalue weighted by Crippen LogP contribution is 2.55. The van der Waals surface area contributed by atoms with Crippen LogP contribution in [0.5, 0.6) is 5.75 Å². The number of unbranched alkanes of at least 4 members (excludes halogenated alkanes) is 6. The standard InChI is InChI=1S/C39H54O/c1-9-11-13-17-23-39(24-18-14-12-10-2)33-20-16-15-19-30(33)31-22-21-28(25-34(31)39)32-26-29(37(3,4)5)27-35(36(32)40)38(6,7)8/h15-16,19-22,25-27,40H,9-14,17-18,23-24H2,1-8H3. The third-order valence-corrected chi connectivity index (χ3v) is 9.28. The number of rotatable bonds is 11. The molecule has 1 N–H and O–H groups in total. The summed E-state index contributed by atoms with van der Waals surface area (Å²) >= 11 is 0. The second kappa shape index (κ2) is 12.1. The molecule has 0 saturated heterocycles. The predicted octanol–water partition coefficient (Wildman–Crippen LogP) is 11.9. The molecule has 1 heteroatoms. The van der Waals surface area contributed by atoms with Gasteiger partial charge in [-0.15, -0.1) is 0 Å². The molecule has 0 saturated carbocycles. The Morgan fingerprint density at radius 3 is 1.77 bits per heavy atom. The van der Waals surface area contributed by atoms with E-state index in [0.717, 1.165) is 16.7 Å². The fraction of sp³-hybridized carbons (Fsp3) is 0.538. The number of hydrogen-bond acceptors (Lipinski definition) is 1. The van der Waals surface area contributed by atoms with Crippen molar-refractivity contribution in [2.24, 2.45) is 0 Å². The molecule has 216 valence electrons. The Bertz CT molecular complexity index is 1290. The molecule has 0 radical (unpaired) electrons. The lowest BCUT2D eigenvalue weighted by Gasteiger charge is -2.33. The van der Waals surface area contributed by atoms with E-state index in [1.54, 1.807) is 0 Å². The first kappa shape index (κ1) is 30.4. The normalized spacial score (nSPS) is 14.3. The molecule has 1 aliphatic rings. The zero-order valence-corrected chi connectivity index (χ0v) is 26.7. The molecule has 3 aromatic carbocycles. The van der Waals surface area contributed by atoms with Gasteiger partial charge >= 0.3 is 0 Å². The molecule has 0 heterocycles. The minimum absolute atomic E-state index is 0.00225. The van der Waals surface area contributed by atoms with Crippen molar-refractivity contribution < 1.29 is 5.11 Å². The topological polar surface area (TPSA) is 20.2 Å². The van der Waals surface area contributed by atoms with Gasteiger partial charge in [0.1, 0.15) is 5.75 Å². The van der Waals surface area contributed by atoms with Gasteiger partial charge in [0.15, 0.2) is 0 Å². The fourth-order valence-electron chi connectivity index (χ4n) is 6.85. The van der Waals surface area contributed by atoms with Crippen molar-refractivity contribution in [2.45, 2.75) is 136 Å². The van der Waals surface area contributed by atoms with E-state index in [0.29, 0.717) is 5.75 Å². The Morgan fingerprint density at radius 1 is 0.600 bits per heavy atom. The van der Waals surface area contributed by atoms with Gasteiger partial charge < -0.3 is 5.11 Å². The SMILES string of the molecule is CCCCCCC1(CCCCCC)c2ccccc2-c2ccc(-c3cc(C(C)(C)C)cc(C(C)(C)C)c3O)cc21. The van der Waals surface area contributed by atoms with Gasteiger partial charge in [-0.05, 0) is 69.2 Å². The van der Waals surface area contributed by atoms with Crippen LogP contribution in [0.1, 0.15) is 142 Å². The maximum absolute atomic E-state index is 11.7. The van der Waals surface area contributed by atoms with Gasteiger partial charge in [-0.25, -0.2) is 0 Å². The van der Waals surface area contributed by atoms with E-state index < -0.39 is 0 Å². The summed E-state index contributed by atoms with van der Waals surface area (Å²) in [4.78, 5) is 0. The zero-order chi connectivity index (χ0) is 29.1. The van der Waals surface area contributed by atoms with Crippen molar-refractivity contribution in [3.8, 4) is 28.0 Å². The van der Waals surface area contributed by atoms with Crippen molar-refractivity contribution in [3.63, 3.8) is 0 Å². The molecule has 0 aliphatic heterocycles.